The number of nitro groups is 1. The molecule has 0 aliphatic carbocycles. The summed E-state index contributed by atoms with van der Waals surface area (Å²) >= 11 is 2.98. The Balaban J connectivity index is 3.27. The zero-order valence-corrected chi connectivity index (χ0v) is 11.1. The van der Waals surface area contributed by atoms with Gasteiger partial charge in [-0.2, -0.15) is 0 Å². The fourth-order valence-corrected chi connectivity index (χ4v) is 1.60. The largest absolute Gasteiger partial charge is 0.466 e. The van der Waals surface area contributed by atoms with Crippen LogP contribution in [0.4, 0.5) is 0 Å². The fourth-order valence-electron chi connectivity index (χ4n) is 1.27. The Morgan fingerprint density at radius 3 is 2.56 bits per heavy atom. The van der Waals surface area contributed by atoms with E-state index in [-0.39, 0.29) is 10.9 Å². The predicted molar refractivity (Wildman–Crippen MR) is 64.0 cm³/mol. The Labute approximate surface area is 104 Å². The number of halogens is 1. The summed E-state index contributed by atoms with van der Waals surface area (Å²) in [6.45, 7) is 2.21. The molecule has 0 aromatic heterocycles. The second-order valence-electron chi connectivity index (χ2n) is 3.48. The fraction of sp³-hybridized carbons (Fsp3) is 0.900. The average molecular weight is 296 g/mol. The molecule has 0 N–H and O–H groups in total. The van der Waals surface area contributed by atoms with Crippen LogP contribution in [0.3, 0.4) is 0 Å². The highest BCUT2D eigenvalue weighted by Gasteiger charge is 2.13. The van der Waals surface area contributed by atoms with Crippen molar-refractivity contribution in [3.8, 4) is 0 Å². The highest BCUT2D eigenvalue weighted by molar-refractivity contribution is 9.09. The van der Waals surface area contributed by atoms with E-state index in [9.17, 15) is 14.9 Å². The summed E-state index contributed by atoms with van der Waals surface area (Å²) in [6.07, 6.45) is 4.41. The third-order valence-electron chi connectivity index (χ3n) is 2.11. The van der Waals surface area contributed by atoms with E-state index >= 15 is 0 Å². The molecule has 0 saturated heterocycles. The molecule has 0 saturated carbocycles. The van der Waals surface area contributed by atoms with Crippen LogP contribution in [0.5, 0.6) is 0 Å². The van der Waals surface area contributed by atoms with Crippen LogP contribution in [0, 0.1) is 10.1 Å². The monoisotopic (exact) mass is 295 g/mol. The maximum Gasteiger partial charge on any atom is 0.305 e. The lowest BCUT2D eigenvalue weighted by molar-refractivity contribution is -0.493. The van der Waals surface area contributed by atoms with Crippen molar-refractivity contribution in [2.45, 2.75) is 50.4 Å². The lowest BCUT2D eigenvalue weighted by Crippen LogP contribution is -2.10. The number of ether oxygens (including phenoxy) is 1. The summed E-state index contributed by atoms with van der Waals surface area (Å²) in [7, 11) is 0. The van der Waals surface area contributed by atoms with E-state index in [1.165, 1.54) is 0 Å². The van der Waals surface area contributed by atoms with E-state index in [1.807, 2.05) is 0 Å². The molecule has 6 heteroatoms. The van der Waals surface area contributed by atoms with Crippen molar-refractivity contribution in [1.82, 2.24) is 0 Å². The summed E-state index contributed by atoms with van der Waals surface area (Å²) in [5.74, 6) is -0.161. The van der Waals surface area contributed by atoms with Crippen LogP contribution in [0.25, 0.3) is 0 Å². The first-order valence-corrected chi connectivity index (χ1v) is 6.42. The summed E-state index contributed by atoms with van der Waals surface area (Å²) < 4.78 is 4.78. The molecule has 1 unspecified atom stereocenters. The van der Waals surface area contributed by atoms with Crippen LogP contribution in [-0.4, -0.2) is 22.5 Å². The van der Waals surface area contributed by atoms with Gasteiger partial charge < -0.3 is 4.74 Å². The number of rotatable bonds is 9. The van der Waals surface area contributed by atoms with Gasteiger partial charge in [0.25, 0.3) is 4.95 Å². The average Bonchev–Trinajstić information content (AvgIpc) is 2.23. The first kappa shape index (κ1) is 15.3. The standard InChI is InChI=1S/C10H18BrNO4/c1-2-16-10(13)8-6-4-3-5-7-9(11)12(14)15/h9H,2-8H2,1H3. The van der Waals surface area contributed by atoms with Gasteiger partial charge in [-0.25, -0.2) is 0 Å². The van der Waals surface area contributed by atoms with Crippen LogP contribution in [0.1, 0.15) is 45.4 Å². The number of hydrogen-bond donors (Lipinski definition) is 0. The van der Waals surface area contributed by atoms with Gasteiger partial charge in [0.05, 0.1) is 6.61 Å². The molecule has 0 fully saturated rings. The van der Waals surface area contributed by atoms with Crippen molar-refractivity contribution in [2.75, 3.05) is 6.61 Å². The van der Waals surface area contributed by atoms with Crippen molar-refractivity contribution >= 4 is 21.9 Å². The van der Waals surface area contributed by atoms with E-state index < -0.39 is 4.95 Å². The molecule has 0 heterocycles. The zero-order chi connectivity index (χ0) is 12.4. The molecular weight excluding hydrogens is 278 g/mol. The lowest BCUT2D eigenvalue weighted by Gasteiger charge is -2.03. The van der Waals surface area contributed by atoms with Gasteiger partial charge in [0.2, 0.25) is 0 Å². The molecule has 0 bridgehead atoms. The van der Waals surface area contributed by atoms with Crippen molar-refractivity contribution in [2.24, 2.45) is 0 Å². The van der Waals surface area contributed by atoms with Gasteiger partial charge >= 0.3 is 5.97 Å². The number of carbonyl (C=O) groups excluding carboxylic acids is 1. The van der Waals surface area contributed by atoms with E-state index in [0.29, 0.717) is 19.4 Å². The van der Waals surface area contributed by atoms with Gasteiger partial charge in [-0.1, -0.05) is 12.8 Å². The summed E-state index contributed by atoms with van der Waals surface area (Å²) in [6, 6.07) is 0. The summed E-state index contributed by atoms with van der Waals surface area (Å²) in [4.78, 5) is 20.3. The van der Waals surface area contributed by atoms with Gasteiger partial charge in [0, 0.05) is 17.8 Å². The van der Waals surface area contributed by atoms with Crippen LogP contribution in [-0.2, 0) is 9.53 Å². The van der Waals surface area contributed by atoms with Gasteiger partial charge in [-0.05, 0) is 35.7 Å². The quantitative estimate of drug-likeness (QED) is 0.164. The smallest absolute Gasteiger partial charge is 0.305 e. The maximum absolute atomic E-state index is 11.0. The highest BCUT2D eigenvalue weighted by atomic mass is 79.9. The third kappa shape index (κ3) is 8.64. The second-order valence-corrected chi connectivity index (χ2v) is 4.53. The molecule has 0 aromatic rings. The minimum atomic E-state index is -0.641. The number of hydrogen-bond acceptors (Lipinski definition) is 4. The Hall–Kier alpha value is -0.650. The number of alkyl halides is 1. The van der Waals surface area contributed by atoms with Crippen molar-refractivity contribution in [3.05, 3.63) is 10.1 Å². The van der Waals surface area contributed by atoms with Gasteiger partial charge in [-0.3, -0.25) is 14.9 Å². The minimum absolute atomic E-state index is 0.161. The molecule has 0 radical (unpaired) electrons. The molecule has 0 rings (SSSR count). The van der Waals surface area contributed by atoms with Gasteiger partial charge in [-0.15, -0.1) is 0 Å². The molecule has 16 heavy (non-hydrogen) atoms. The van der Waals surface area contributed by atoms with Crippen molar-refractivity contribution in [3.63, 3.8) is 0 Å². The molecule has 1 atom stereocenters. The van der Waals surface area contributed by atoms with Gasteiger partial charge in [0.15, 0.2) is 0 Å². The topological polar surface area (TPSA) is 69.4 Å². The first-order valence-electron chi connectivity index (χ1n) is 5.51. The van der Waals surface area contributed by atoms with Crippen molar-refractivity contribution in [1.29, 1.82) is 0 Å². The Kier molecular flexibility index (Phi) is 9.18. The third-order valence-corrected chi connectivity index (χ3v) is 2.90. The van der Waals surface area contributed by atoms with Crippen LogP contribution in [0.2, 0.25) is 0 Å². The van der Waals surface area contributed by atoms with E-state index in [1.54, 1.807) is 6.92 Å². The SMILES string of the molecule is CCOC(=O)CCCCCCC(Br)[N+](=O)[O-]. The number of esters is 1. The van der Waals surface area contributed by atoms with Gasteiger partial charge in [0.1, 0.15) is 0 Å². The normalized spacial score (nSPS) is 12.1. The Morgan fingerprint density at radius 2 is 2.00 bits per heavy atom. The first-order chi connectivity index (χ1) is 7.57. The predicted octanol–water partition coefficient (Wildman–Crippen LogP) is 2.89. The second kappa shape index (κ2) is 9.57. The van der Waals surface area contributed by atoms with E-state index in [2.05, 4.69) is 15.9 Å². The Morgan fingerprint density at radius 1 is 1.38 bits per heavy atom. The molecule has 0 aliphatic heterocycles. The molecule has 0 amide bonds. The molecule has 0 aromatic carbocycles. The van der Waals surface area contributed by atoms with E-state index in [0.717, 1.165) is 25.7 Å². The van der Waals surface area contributed by atoms with Crippen LogP contribution in [0.15, 0.2) is 0 Å². The summed E-state index contributed by atoms with van der Waals surface area (Å²) in [5, 5.41) is 10.3. The molecular formula is C10H18BrNO4. The summed E-state index contributed by atoms with van der Waals surface area (Å²) in [5.41, 5.74) is 0. The van der Waals surface area contributed by atoms with Crippen LogP contribution < -0.4 is 0 Å². The number of nitrogens with zero attached hydrogens (tertiary/aromatic N) is 1. The Bertz CT molecular complexity index is 223. The molecule has 5 nitrogen and oxygen atoms in total. The molecule has 0 spiro atoms. The zero-order valence-electron chi connectivity index (χ0n) is 9.49. The van der Waals surface area contributed by atoms with Crippen LogP contribution >= 0.6 is 15.9 Å². The lowest BCUT2D eigenvalue weighted by atomic mass is 10.1. The number of unbranched alkanes of at least 4 members (excludes halogenated alkanes) is 3. The maximum atomic E-state index is 11.0. The van der Waals surface area contributed by atoms with E-state index in [4.69, 9.17) is 4.74 Å². The van der Waals surface area contributed by atoms with Crippen molar-refractivity contribution < 1.29 is 14.5 Å². The number of carbonyl (C=O) groups is 1. The molecule has 0 aliphatic rings. The minimum Gasteiger partial charge on any atom is -0.466 e. The highest BCUT2D eigenvalue weighted by Crippen LogP contribution is 2.13. The molecule has 94 valence electrons.